The minimum absolute atomic E-state index is 0.625. The monoisotopic (exact) mass is 244 g/mol. The Morgan fingerprint density at radius 2 is 2.06 bits per heavy atom. The van der Waals surface area contributed by atoms with E-state index in [2.05, 4.69) is 4.98 Å². The molecule has 0 saturated heterocycles. The molecule has 0 aliphatic carbocycles. The highest BCUT2D eigenvalue weighted by Gasteiger charge is 2.10. The van der Waals surface area contributed by atoms with Crippen LogP contribution in [0.5, 0.6) is 0 Å². The van der Waals surface area contributed by atoms with Crippen LogP contribution in [0.2, 0.25) is 5.02 Å². The Kier molecular flexibility index (Phi) is 2.27. The predicted molar refractivity (Wildman–Crippen MR) is 68.9 cm³/mol. The third kappa shape index (κ3) is 1.65. The van der Waals surface area contributed by atoms with Gasteiger partial charge < -0.3 is 10.2 Å². The van der Waals surface area contributed by atoms with Gasteiger partial charge in [-0.2, -0.15) is 0 Å². The molecule has 3 nitrogen and oxygen atoms in total. The number of rotatable bonds is 1. The first-order chi connectivity index (χ1) is 8.25. The summed E-state index contributed by atoms with van der Waals surface area (Å²) in [5.41, 5.74) is 8.82. The van der Waals surface area contributed by atoms with Gasteiger partial charge in [0.15, 0.2) is 0 Å². The van der Waals surface area contributed by atoms with Gasteiger partial charge in [-0.05, 0) is 30.3 Å². The number of nitrogens with two attached hydrogens (primary N) is 1. The number of furan rings is 1. The van der Waals surface area contributed by atoms with Gasteiger partial charge in [0.05, 0.1) is 17.0 Å². The van der Waals surface area contributed by atoms with Crippen molar-refractivity contribution in [2.45, 2.75) is 0 Å². The highest BCUT2D eigenvalue weighted by Crippen LogP contribution is 2.33. The molecular formula is C13H9ClN2O. The lowest BCUT2D eigenvalue weighted by Crippen LogP contribution is -1.89. The summed E-state index contributed by atoms with van der Waals surface area (Å²) in [5, 5.41) is 1.56. The third-order valence-corrected chi connectivity index (χ3v) is 2.95. The van der Waals surface area contributed by atoms with Crippen LogP contribution in [0, 0.1) is 0 Å². The summed E-state index contributed by atoms with van der Waals surface area (Å²) in [6, 6.07) is 9.04. The number of nitrogen functional groups attached to an aromatic ring is 1. The average molecular weight is 245 g/mol. The van der Waals surface area contributed by atoms with Crippen LogP contribution in [-0.2, 0) is 0 Å². The van der Waals surface area contributed by atoms with Crippen LogP contribution in [0.25, 0.3) is 22.2 Å². The lowest BCUT2D eigenvalue weighted by atomic mass is 10.1. The van der Waals surface area contributed by atoms with Crippen molar-refractivity contribution >= 4 is 28.3 Å². The summed E-state index contributed by atoms with van der Waals surface area (Å²) < 4.78 is 5.34. The van der Waals surface area contributed by atoms with E-state index in [9.17, 15) is 0 Å². The molecule has 0 bridgehead atoms. The van der Waals surface area contributed by atoms with Crippen LogP contribution >= 0.6 is 11.6 Å². The van der Waals surface area contributed by atoms with Crippen molar-refractivity contribution in [3.8, 4) is 11.3 Å². The molecule has 84 valence electrons. The summed E-state index contributed by atoms with van der Waals surface area (Å²) in [5.74, 6) is 0. The Labute approximate surface area is 103 Å². The molecule has 0 aliphatic rings. The molecule has 0 fully saturated rings. The fourth-order valence-electron chi connectivity index (χ4n) is 1.83. The number of benzene rings is 1. The fraction of sp³-hybridized carbons (Fsp3) is 0. The van der Waals surface area contributed by atoms with E-state index in [0.29, 0.717) is 10.7 Å². The molecule has 4 heteroatoms. The van der Waals surface area contributed by atoms with Crippen molar-refractivity contribution in [2.75, 3.05) is 5.73 Å². The number of aromatic nitrogens is 1. The quantitative estimate of drug-likeness (QED) is 0.664. The first kappa shape index (κ1) is 10.2. The average Bonchev–Trinajstić information content (AvgIpc) is 2.80. The lowest BCUT2D eigenvalue weighted by molar-refractivity contribution is 0.615. The smallest absolute Gasteiger partial charge is 0.137 e. The number of fused-ring (bicyclic) bond motifs is 1. The predicted octanol–water partition coefficient (Wildman–Crippen LogP) is 3.73. The Morgan fingerprint density at radius 1 is 1.18 bits per heavy atom. The minimum Gasteiger partial charge on any atom is -0.464 e. The number of nitrogens with zero attached hydrogens (tertiary/aromatic N) is 1. The van der Waals surface area contributed by atoms with Crippen molar-refractivity contribution < 1.29 is 4.42 Å². The number of anilines is 1. The number of halogens is 1. The first-order valence-corrected chi connectivity index (χ1v) is 5.51. The Bertz CT molecular complexity index is 691. The molecule has 2 aromatic heterocycles. The molecule has 0 saturated carbocycles. The Hall–Kier alpha value is -2.00. The van der Waals surface area contributed by atoms with Crippen molar-refractivity contribution in [2.24, 2.45) is 0 Å². The molecule has 0 amide bonds. The van der Waals surface area contributed by atoms with E-state index < -0.39 is 0 Å². The van der Waals surface area contributed by atoms with E-state index in [-0.39, 0.29) is 0 Å². The van der Waals surface area contributed by atoms with Crippen molar-refractivity contribution in [1.29, 1.82) is 0 Å². The number of hydrogen-bond acceptors (Lipinski definition) is 3. The first-order valence-electron chi connectivity index (χ1n) is 5.13. The summed E-state index contributed by atoms with van der Waals surface area (Å²) in [6.07, 6.45) is 3.33. The lowest BCUT2D eigenvalue weighted by Gasteiger charge is -2.05. The molecule has 0 unspecified atom stereocenters. The molecule has 0 atom stereocenters. The van der Waals surface area contributed by atoms with Gasteiger partial charge in [0.1, 0.15) is 5.58 Å². The molecule has 2 heterocycles. The summed E-state index contributed by atoms with van der Waals surface area (Å²) in [6.45, 7) is 0. The second kappa shape index (κ2) is 3.79. The van der Waals surface area contributed by atoms with Gasteiger partial charge in [-0.3, -0.25) is 4.98 Å². The molecule has 3 rings (SSSR count). The topological polar surface area (TPSA) is 52.0 Å². The van der Waals surface area contributed by atoms with Crippen molar-refractivity contribution in [3.05, 3.63) is 47.8 Å². The third-order valence-electron chi connectivity index (χ3n) is 2.63. The number of hydrogen-bond donors (Lipinski definition) is 1. The Morgan fingerprint density at radius 3 is 2.94 bits per heavy atom. The molecule has 17 heavy (non-hydrogen) atoms. The van der Waals surface area contributed by atoms with Gasteiger partial charge in [-0.15, -0.1) is 0 Å². The summed E-state index contributed by atoms with van der Waals surface area (Å²) >= 11 is 6.17. The number of pyridine rings is 1. The maximum atomic E-state index is 6.17. The van der Waals surface area contributed by atoms with Crippen LogP contribution in [0.15, 0.2) is 47.2 Å². The minimum atomic E-state index is 0.625. The largest absolute Gasteiger partial charge is 0.464 e. The molecular weight excluding hydrogens is 236 g/mol. The van der Waals surface area contributed by atoms with Gasteiger partial charge in [0.25, 0.3) is 0 Å². The zero-order valence-electron chi connectivity index (χ0n) is 8.85. The van der Waals surface area contributed by atoms with E-state index in [4.69, 9.17) is 21.8 Å². The van der Waals surface area contributed by atoms with Crippen LogP contribution < -0.4 is 5.73 Å². The van der Waals surface area contributed by atoms with E-state index in [1.807, 2.05) is 18.2 Å². The van der Waals surface area contributed by atoms with Gasteiger partial charge in [-0.1, -0.05) is 11.6 Å². The van der Waals surface area contributed by atoms with Crippen LogP contribution in [-0.4, -0.2) is 4.98 Å². The zero-order valence-corrected chi connectivity index (χ0v) is 9.61. The van der Waals surface area contributed by atoms with E-state index in [1.54, 1.807) is 24.6 Å². The zero-order chi connectivity index (χ0) is 11.8. The highest BCUT2D eigenvalue weighted by molar-refractivity contribution is 6.33. The van der Waals surface area contributed by atoms with Gasteiger partial charge >= 0.3 is 0 Å². The molecule has 0 aliphatic heterocycles. The summed E-state index contributed by atoms with van der Waals surface area (Å²) in [7, 11) is 0. The van der Waals surface area contributed by atoms with Crippen molar-refractivity contribution in [3.63, 3.8) is 0 Å². The maximum Gasteiger partial charge on any atom is 0.137 e. The van der Waals surface area contributed by atoms with Gasteiger partial charge in [-0.25, -0.2) is 0 Å². The SMILES string of the molecule is Nc1ccc(Cl)c(-c2nccc3occc23)c1. The van der Waals surface area contributed by atoms with E-state index >= 15 is 0 Å². The second-order valence-corrected chi connectivity index (χ2v) is 4.14. The van der Waals surface area contributed by atoms with Gasteiger partial charge in [0, 0.05) is 22.8 Å². The normalized spacial score (nSPS) is 10.9. The molecule has 0 radical (unpaired) electrons. The van der Waals surface area contributed by atoms with Crippen LogP contribution in [0.1, 0.15) is 0 Å². The van der Waals surface area contributed by atoms with Crippen LogP contribution in [0.4, 0.5) is 5.69 Å². The van der Waals surface area contributed by atoms with Crippen LogP contribution in [0.3, 0.4) is 0 Å². The maximum absolute atomic E-state index is 6.17. The van der Waals surface area contributed by atoms with E-state index in [1.165, 1.54) is 0 Å². The standard InChI is InChI=1S/C13H9ClN2O/c14-11-2-1-8(15)7-10(11)13-9-4-6-17-12(9)3-5-16-13/h1-7H,15H2. The molecule has 1 aromatic carbocycles. The summed E-state index contributed by atoms with van der Waals surface area (Å²) in [4.78, 5) is 4.35. The van der Waals surface area contributed by atoms with Gasteiger partial charge in [0.2, 0.25) is 0 Å². The molecule has 2 N–H and O–H groups in total. The fourth-order valence-corrected chi connectivity index (χ4v) is 2.04. The second-order valence-electron chi connectivity index (χ2n) is 3.73. The Balaban J connectivity index is 2.34. The molecule has 3 aromatic rings. The highest BCUT2D eigenvalue weighted by atomic mass is 35.5. The van der Waals surface area contributed by atoms with E-state index in [0.717, 1.165) is 22.2 Å². The van der Waals surface area contributed by atoms with Crippen molar-refractivity contribution in [1.82, 2.24) is 4.98 Å². The molecule has 0 spiro atoms.